The number of benzene rings is 1. The fraction of sp³-hybridized carbons (Fsp3) is 0.640. The van der Waals surface area contributed by atoms with Crippen LogP contribution in [0.1, 0.15) is 67.3 Å². The number of nitrogens with zero attached hydrogens (tertiary/aromatic N) is 2. The lowest BCUT2D eigenvalue weighted by atomic mass is 9.89. The Morgan fingerprint density at radius 1 is 1.00 bits per heavy atom. The molecular weight excluding hydrogens is 422 g/mol. The third-order valence-electron chi connectivity index (χ3n) is 7.73. The highest BCUT2D eigenvalue weighted by Gasteiger charge is 2.39. The number of carbonyl (C=O) groups excluding carboxylic acids is 3. The Morgan fingerprint density at radius 3 is 2.55 bits per heavy atom. The van der Waals surface area contributed by atoms with Gasteiger partial charge in [0.25, 0.3) is 5.91 Å². The van der Waals surface area contributed by atoms with Crippen molar-refractivity contribution in [1.82, 2.24) is 15.1 Å². The Hall–Kier alpha value is -2.45. The standard InChI is InChI=1S/C25H33N3O5/c1-32-17-10-12-27(13-11-17)20-4-2-3-5-22(20)33-18-6-7-19-16(14-18)15-28(25(19)31)21-8-9-23(29)26-24(21)30/h6-7,14,17,20-22H,2-5,8-13,15H2,1H3,(H,26,29,30)/t20-,21?,22+/m0/s1. The summed E-state index contributed by atoms with van der Waals surface area (Å²) in [6, 6.07) is 5.48. The van der Waals surface area contributed by atoms with Gasteiger partial charge in [-0.2, -0.15) is 0 Å². The van der Waals surface area contributed by atoms with E-state index in [1.54, 1.807) is 12.0 Å². The van der Waals surface area contributed by atoms with Crippen molar-refractivity contribution in [3.63, 3.8) is 0 Å². The molecule has 1 N–H and O–H groups in total. The lowest BCUT2D eigenvalue weighted by molar-refractivity contribution is -0.136. The van der Waals surface area contributed by atoms with Crippen molar-refractivity contribution < 1.29 is 23.9 Å². The number of carbonyl (C=O) groups is 3. The molecule has 2 saturated heterocycles. The molecule has 3 atom stereocenters. The molecule has 0 aromatic heterocycles. The molecule has 1 saturated carbocycles. The number of nitrogens with one attached hydrogen (secondary N) is 1. The molecule has 8 nitrogen and oxygen atoms in total. The Kier molecular flexibility index (Phi) is 6.38. The highest BCUT2D eigenvalue weighted by molar-refractivity contribution is 6.05. The molecule has 3 heterocycles. The second-order valence-corrected chi connectivity index (χ2v) is 9.70. The predicted octanol–water partition coefficient (Wildman–Crippen LogP) is 2.25. The first-order valence-electron chi connectivity index (χ1n) is 12.2. The number of ether oxygens (including phenoxy) is 2. The molecular formula is C25H33N3O5. The smallest absolute Gasteiger partial charge is 0.255 e. The molecule has 3 fully saturated rings. The van der Waals surface area contributed by atoms with Gasteiger partial charge in [0.15, 0.2) is 0 Å². The maximum atomic E-state index is 12.9. The van der Waals surface area contributed by atoms with E-state index < -0.39 is 6.04 Å². The van der Waals surface area contributed by atoms with Gasteiger partial charge in [0.05, 0.1) is 6.10 Å². The summed E-state index contributed by atoms with van der Waals surface area (Å²) < 4.78 is 12.1. The zero-order chi connectivity index (χ0) is 22.9. The molecule has 5 rings (SSSR count). The number of likely N-dealkylation sites (tertiary alicyclic amines) is 1. The van der Waals surface area contributed by atoms with Crippen molar-refractivity contribution in [3.8, 4) is 5.75 Å². The first-order valence-corrected chi connectivity index (χ1v) is 12.2. The minimum atomic E-state index is -0.593. The van der Waals surface area contributed by atoms with Gasteiger partial charge in [-0.3, -0.25) is 24.6 Å². The summed E-state index contributed by atoms with van der Waals surface area (Å²) in [4.78, 5) is 40.8. The average Bonchev–Trinajstić information content (AvgIpc) is 3.15. The number of hydrogen-bond donors (Lipinski definition) is 1. The molecule has 3 aliphatic heterocycles. The number of piperidine rings is 2. The molecule has 1 aliphatic carbocycles. The van der Waals surface area contributed by atoms with Crippen LogP contribution in [0, 0.1) is 0 Å². The van der Waals surface area contributed by atoms with Crippen LogP contribution in [0.3, 0.4) is 0 Å². The van der Waals surface area contributed by atoms with Crippen molar-refractivity contribution in [2.45, 2.75) is 82.2 Å². The summed E-state index contributed by atoms with van der Waals surface area (Å²) in [6.07, 6.45) is 7.85. The fourth-order valence-electron chi connectivity index (χ4n) is 5.87. The van der Waals surface area contributed by atoms with Crippen LogP contribution in [0.4, 0.5) is 0 Å². The monoisotopic (exact) mass is 455 g/mol. The van der Waals surface area contributed by atoms with E-state index in [0.29, 0.717) is 30.7 Å². The highest BCUT2D eigenvalue weighted by atomic mass is 16.5. The topological polar surface area (TPSA) is 88.2 Å². The Labute approximate surface area is 194 Å². The van der Waals surface area contributed by atoms with Crippen LogP contribution in [-0.2, 0) is 20.9 Å². The number of hydrogen-bond acceptors (Lipinski definition) is 6. The van der Waals surface area contributed by atoms with Crippen LogP contribution in [0.25, 0.3) is 0 Å². The molecule has 4 aliphatic rings. The van der Waals surface area contributed by atoms with E-state index in [9.17, 15) is 14.4 Å². The number of imide groups is 1. The van der Waals surface area contributed by atoms with E-state index in [4.69, 9.17) is 9.47 Å². The molecule has 0 spiro atoms. The first-order chi connectivity index (χ1) is 16.0. The summed E-state index contributed by atoms with van der Waals surface area (Å²) in [6.45, 7) is 2.46. The normalized spacial score (nSPS) is 29.2. The number of rotatable bonds is 5. The Bertz CT molecular complexity index is 927. The van der Waals surface area contributed by atoms with Crippen LogP contribution in [-0.4, -0.2) is 72.0 Å². The molecule has 3 amide bonds. The second kappa shape index (κ2) is 9.43. The van der Waals surface area contributed by atoms with E-state index >= 15 is 0 Å². The van der Waals surface area contributed by atoms with Gasteiger partial charge in [0, 0.05) is 44.8 Å². The summed E-state index contributed by atoms with van der Waals surface area (Å²) in [5.74, 6) is -0.0197. The minimum Gasteiger partial charge on any atom is -0.489 e. The Morgan fingerprint density at radius 2 is 1.79 bits per heavy atom. The quantitative estimate of drug-likeness (QED) is 0.686. The van der Waals surface area contributed by atoms with Crippen molar-refractivity contribution in [3.05, 3.63) is 29.3 Å². The van der Waals surface area contributed by atoms with Crippen molar-refractivity contribution >= 4 is 17.7 Å². The number of methoxy groups -OCH3 is 1. The van der Waals surface area contributed by atoms with Gasteiger partial charge in [-0.05, 0) is 62.3 Å². The third-order valence-corrected chi connectivity index (χ3v) is 7.73. The molecule has 0 bridgehead atoms. The van der Waals surface area contributed by atoms with E-state index in [2.05, 4.69) is 10.2 Å². The first kappa shape index (κ1) is 22.3. The molecule has 8 heteroatoms. The lowest BCUT2D eigenvalue weighted by Gasteiger charge is -2.42. The van der Waals surface area contributed by atoms with Gasteiger partial charge < -0.3 is 14.4 Å². The van der Waals surface area contributed by atoms with E-state index in [1.807, 2.05) is 18.2 Å². The predicted molar refractivity (Wildman–Crippen MR) is 121 cm³/mol. The van der Waals surface area contributed by atoms with Crippen LogP contribution in [0.2, 0.25) is 0 Å². The maximum Gasteiger partial charge on any atom is 0.255 e. The van der Waals surface area contributed by atoms with Gasteiger partial charge in [-0.25, -0.2) is 0 Å². The van der Waals surface area contributed by atoms with Crippen LogP contribution >= 0.6 is 0 Å². The van der Waals surface area contributed by atoms with E-state index in [1.165, 1.54) is 12.8 Å². The second-order valence-electron chi connectivity index (χ2n) is 9.70. The zero-order valence-corrected chi connectivity index (χ0v) is 19.3. The number of fused-ring (bicyclic) bond motifs is 1. The van der Waals surface area contributed by atoms with Gasteiger partial charge in [0.1, 0.15) is 17.9 Å². The largest absolute Gasteiger partial charge is 0.489 e. The van der Waals surface area contributed by atoms with E-state index in [0.717, 1.165) is 50.1 Å². The highest BCUT2D eigenvalue weighted by Crippen LogP contribution is 2.33. The molecule has 1 aromatic carbocycles. The number of amides is 3. The van der Waals surface area contributed by atoms with Crippen molar-refractivity contribution in [1.29, 1.82) is 0 Å². The van der Waals surface area contributed by atoms with Crippen LogP contribution < -0.4 is 10.1 Å². The molecule has 0 radical (unpaired) electrons. The summed E-state index contributed by atoms with van der Waals surface area (Å²) in [7, 11) is 1.80. The zero-order valence-electron chi connectivity index (χ0n) is 19.3. The van der Waals surface area contributed by atoms with E-state index in [-0.39, 0.29) is 30.2 Å². The van der Waals surface area contributed by atoms with Crippen LogP contribution in [0.15, 0.2) is 18.2 Å². The summed E-state index contributed by atoms with van der Waals surface area (Å²) in [5, 5.41) is 2.35. The fourth-order valence-corrected chi connectivity index (χ4v) is 5.87. The van der Waals surface area contributed by atoms with Crippen molar-refractivity contribution in [2.75, 3.05) is 20.2 Å². The Balaban J connectivity index is 1.27. The molecule has 1 aromatic rings. The molecule has 33 heavy (non-hydrogen) atoms. The summed E-state index contributed by atoms with van der Waals surface area (Å²) in [5.41, 5.74) is 1.50. The lowest BCUT2D eigenvalue weighted by Crippen LogP contribution is -2.52. The van der Waals surface area contributed by atoms with Gasteiger partial charge >= 0.3 is 0 Å². The molecule has 178 valence electrons. The van der Waals surface area contributed by atoms with Crippen LogP contribution in [0.5, 0.6) is 5.75 Å². The van der Waals surface area contributed by atoms with Gasteiger partial charge in [-0.1, -0.05) is 6.42 Å². The summed E-state index contributed by atoms with van der Waals surface area (Å²) >= 11 is 0. The van der Waals surface area contributed by atoms with Gasteiger partial charge in [0.2, 0.25) is 11.8 Å². The van der Waals surface area contributed by atoms with Crippen molar-refractivity contribution in [2.24, 2.45) is 0 Å². The van der Waals surface area contributed by atoms with Gasteiger partial charge in [-0.15, -0.1) is 0 Å². The maximum absolute atomic E-state index is 12.9. The third kappa shape index (κ3) is 4.51. The minimum absolute atomic E-state index is 0.138. The SMILES string of the molecule is COC1CCN([C@H]2CCCC[C@H]2Oc2ccc3c(c2)CN(C2CCC(=O)NC2=O)C3=O)CC1. The average molecular weight is 456 g/mol. The molecule has 1 unspecified atom stereocenters.